The van der Waals surface area contributed by atoms with Crippen molar-refractivity contribution >= 4 is 16.6 Å². The highest BCUT2D eigenvalue weighted by Gasteiger charge is 2.73. The van der Waals surface area contributed by atoms with E-state index < -0.39 is 17.1 Å². The lowest BCUT2D eigenvalue weighted by Crippen LogP contribution is -2.74. The molecule has 8 rings (SSSR count). The number of hydrogen-bond acceptors (Lipinski definition) is 6. The van der Waals surface area contributed by atoms with Gasteiger partial charge in [0, 0.05) is 48.3 Å². The lowest BCUT2D eigenvalue weighted by Gasteiger charge is -2.63. The standard InChI is InChI=1S/C28H29N3O3/c1-29-23-17-4-2-3-5-19(17)30-24-18(23)13-28(33)21-12-16-8-9-20(32)25-22(16)27(28,26(24)34-25)10-11-31(21)14-15-6-7-15/h2-5,8-9,15,21,26,32-33H,6-7,10-14H2,1H3,(H,29,30)/t21-,26?,27-,28?/m0/s1. The number of para-hydroxylation sites is 1. The van der Waals surface area contributed by atoms with Crippen molar-refractivity contribution in [1.82, 2.24) is 9.88 Å². The van der Waals surface area contributed by atoms with Crippen LogP contribution in [0.15, 0.2) is 36.4 Å². The number of aliphatic hydroxyl groups is 1. The number of piperidine rings is 1. The average Bonchev–Trinajstić information content (AvgIpc) is 3.58. The van der Waals surface area contributed by atoms with Crippen molar-refractivity contribution in [3.63, 3.8) is 0 Å². The van der Waals surface area contributed by atoms with Gasteiger partial charge in [0.2, 0.25) is 0 Å². The summed E-state index contributed by atoms with van der Waals surface area (Å²) >= 11 is 0. The summed E-state index contributed by atoms with van der Waals surface area (Å²) in [5, 5.41) is 28.2. The minimum Gasteiger partial charge on any atom is -0.504 e. The van der Waals surface area contributed by atoms with Crippen molar-refractivity contribution in [2.45, 2.75) is 55.3 Å². The number of nitrogens with zero attached hydrogens (tertiary/aromatic N) is 2. The van der Waals surface area contributed by atoms with Crippen LogP contribution in [0.3, 0.4) is 0 Å². The van der Waals surface area contributed by atoms with Crippen molar-refractivity contribution in [2.24, 2.45) is 5.92 Å². The number of benzene rings is 2. The van der Waals surface area contributed by atoms with Crippen molar-refractivity contribution in [3.8, 4) is 11.5 Å². The van der Waals surface area contributed by atoms with E-state index in [1.165, 1.54) is 18.4 Å². The van der Waals surface area contributed by atoms with Crippen LogP contribution in [0.5, 0.6) is 11.5 Å². The molecular formula is C28H29N3O3. The molecular weight excluding hydrogens is 426 g/mol. The van der Waals surface area contributed by atoms with Crippen LogP contribution in [0, 0.1) is 5.92 Å². The summed E-state index contributed by atoms with van der Waals surface area (Å²) in [7, 11) is 1.95. The number of pyridine rings is 1. The monoisotopic (exact) mass is 455 g/mol. The van der Waals surface area contributed by atoms with Gasteiger partial charge in [0.1, 0.15) is 0 Å². The minimum absolute atomic E-state index is 0.0280. The molecule has 6 heteroatoms. The Bertz CT molecular complexity index is 1390. The summed E-state index contributed by atoms with van der Waals surface area (Å²) in [5.41, 5.74) is 4.59. The molecule has 2 aliphatic heterocycles. The van der Waals surface area contributed by atoms with Crippen LogP contribution in [0.25, 0.3) is 10.9 Å². The Kier molecular flexibility index (Phi) is 3.57. The van der Waals surface area contributed by atoms with E-state index in [0.717, 1.165) is 65.3 Å². The molecule has 3 aromatic rings. The van der Waals surface area contributed by atoms with Crippen LogP contribution in [-0.2, 0) is 18.3 Å². The molecule has 5 aliphatic rings. The first-order chi connectivity index (χ1) is 16.5. The fraction of sp³-hybridized carbons (Fsp3) is 0.464. The summed E-state index contributed by atoms with van der Waals surface area (Å²) in [6, 6.07) is 12.0. The number of nitrogens with one attached hydrogen (secondary N) is 1. The highest BCUT2D eigenvalue weighted by molar-refractivity contribution is 5.94. The Balaban J connectivity index is 1.43. The molecule has 2 fully saturated rings. The van der Waals surface area contributed by atoms with E-state index in [4.69, 9.17) is 9.72 Å². The van der Waals surface area contributed by atoms with Crippen molar-refractivity contribution in [3.05, 3.63) is 58.8 Å². The van der Waals surface area contributed by atoms with E-state index in [9.17, 15) is 10.2 Å². The van der Waals surface area contributed by atoms with Crippen molar-refractivity contribution < 1.29 is 14.9 Å². The zero-order valence-electron chi connectivity index (χ0n) is 19.3. The second-order valence-electron chi connectivity index (χ2n) is 11.0. The minimum atomic E-state index is -0.987. The van der Waals surface area contributed by atoms with E-state index in [1.807, 2.05) is 25.2 Å². The Morgan fingerprint density at radius 2 is 2.06 bits per heavy atom. The number of likely N-dealkylation sites (tertiary alicyclic amines) is 1. The van der Waals surface area contributed by atoms with Gasteiger partial charge in [-0.25, -0.2) is 4.98 Å². The van der Waals surface area contributed by atoms with Crippen LogP contribution in [-0.4, -0.2) is 51.9 Å². The molecule has 1 spiro atoms. The molecule has 6 nitrogen and oxygen atoms in total. The first kappa shape index (κ1) is 19.5. The summed E-state index contributed by atoms with van der Waals surface area (Å²) < 4.78 is 6.66. The molecule has 3 aliphatic carbocycles. The zero-order chi connectivity index (χ0) is 22.8. The third kappa shape index (κ3) is 2.13. The number of rotatable bonds is 3. The average molecular weight is 456 g/mol. The Morgan fingerprint density at radius 1 is 1.21 bits per heavy atom. The third-order valence-corrected chi connectivity index (χ3v) is 9.48. The van der Waals surface area contributed by atoms with Gasteiger partial charge in [0.05, 0.1) is 22.2 Å². The molecule has 0 radical (unpaired) electrons. The third-order valence-electron chi connectivity index (χ3n) is 9.48. The van der Waals surface area contributed by atoms with Crippen LogP contribution >= 0.6 is 0 Å². The summed E-state index contributed by atoms with van der Waals surface area (Å²) in [6.07, 6.45) is 4.33. The van der Waals surface area contributed by atoms with E-state index in [-0.39, 0.29) is 11.8 Å². The number of anilines is 1. The maximum Gasteiger partial charge on any atom is 0.166 e. The number of phenols is 1. The zero-order valence-corrected chi connectivity index (χ0v) is 19.3. The molecule has 2 aromatic carbocycles. The number of phenolic OH excluding ortho intramolecular Hbond substituents is 1. The first-order valence-corrected chi connectivity index (χ1v) is 12.6. The van der Waals surface area contributed by atoms with Gasteiger partial charge in [-0.15, -0.1) is 0 Å². The molecule has 3 heterocycles. The lowest BCUT2D eigenvalue weighted by molar-refractivity contribution is -0.173. The quantitative estimate of drug-likeness (QED) is 0.559. The molecule has 2 bridgehead atoms. The largest absolute Gasteiger partial charge is 0.504 e. The van der Waals surface area contributed by atoms with Gasteiger partial charge in [0.25, 0.3) is 0 Å². The normalized spacial score (nSPS) is 32.8. The van der Waals surface area contributed by atoms with Gasteiger partial charge in [-0.1, -0.05) is 24.3 Å². The highest BCUT2D eigenvalue weighted by Crippen LogP contribution is 2.69. The first-order valence-electron chi connectivity index (χ1n) is 12.6. The molecule has 174 valence electrons. The van der Waals surface area contributed by atoms with Crippen molar-refractivity contribution in [2.75, 3.05) is 25.5 Å². The van der Waals surface area contributed by atoms with Gasteiger partial charge in [-0.05, 0) is 55.8 Å². The smallest absolute Gasteiger partial charge is 0.166 e. The summed E-state index contributed by atoms with van der Waals surface area (Å²) in [4.78, 5) is 7.71. The van der Waals surface area contributed by atoms with Crippen LogP contribution in [0.4, 0.5) is 5.69 Å². The number of hydrogen-bond donors (Lipinski definition) is 3. The van der Waals surface area contributed by atoms with E-state index >= 15 is 0 Å². The molecule has 1 saturated heterocycles. The molecule has 34 heavy (non-hydrogen) atoms. The number of aromatic hydroxyl groups is 1. The summed E-state index contributed by atoms with van der Waals surface area (Å²) in [6.45, 7) is 2.01. The SMILES string of the molecule is CNc1c2c(nc3ccccc13)C1Oc3c(O)ccc4c3[C@@]13CCN(CC1CC1)[C@@H](C4)C3(O)C2. The van der Waals surface area contributed by atoms with Gasteiger partial charge in [0.15, 0.2) is 17.6 Å². The van der Waals surface area contributed by atoms with E-state index in [2.05, 4.69) is 22.3 Å². The Labute approximate surface area is 198 Å². The molecule has 0 amide bonds. The van der Waals surface area contributed by atoms with Crippen molar-refractivity contribution in [1.29, 1.82) is 0 Å². The fourth-order valence-electron chi connectivity index (χ4n) is 7.87. The van der Waals surface area contributed by atoms with E-state index in [0.29, 0.717) is 12.2 Å². The maximum atomic E-state index is 12.9. The van der Waals surface area contributed by atoms with Gasteiger partial charge < -0.3 is 20.3 Å². The summed E-state index contributed by atoms with van der Waals surface area (Å²) in [5.74, 6) is 1.49. The van der Waals surface area contributed by atoms with Crippen LogP contribution < -0.4 is 10.1 Å². The van der Waals surface area contributed by atoms with Gasteiger partial charge in [-0.2, -0.15) is 0 Å². The number of ether oxygens (including phenoxy) is 1. The topological polar surface area (TPSA) is 77.9 Å². The number of aromatic nitrogens is 1. The Morgan fingerprint density at radius 3 is 2.88 bits per heavy atom. The maximum absolute atomic E-state index is 12.9. The highest BCUT2D eigenvalue weighted by atomic mass is 16.5. The predicted octanol–water partition coefficient (Wildman–Crippen LogP) is 3.68. The molecule has 1 aromatic heterocycles. The lowest BCUT2D eigenvalue weighted by atomic mass is 9.48. The van der Waals surface area contributed by atoms with E-state index in [1.54, 1.807) is 6.07 Å². The fourth-order valence-corrected chi connectivity index (χ4v) is 7.87. The van der Waals surface area contributed by atoms with Gasteiger partial charge in [-0.3, -0.25) is 4.90 Å². The van der Waals surface area contributed by atoms with Crippen LogP contribution in [0.1, 0.15) is 47.8 Å². The predicted molar refractivity (Wildman–Crippen MR) is 130 cm³/mol. The number of fused-ring (bicyclic) bond motifs is 3. The van der Waals surface area contributed by atoms with Crippen LogP contribution in [0.2, 0.25) is 0 Å². The molecule has 1 saturated carbocycles. The second kappa shape index (κ2) is 6.23. The molecule has 3 N–H and O–H groups in total. The van der Waals surface area contributed by atoms with Gasteiger partial charge >= 0.3 is 0 Å². The second-order valence-corrected chi connectivity index (χ2v) is 11.0. The molecule has 2 unspecified atom stereocenters. The Hall–Kier alpha value is -2.83. The molecule has 4 atom stereocenters.